The standard InChI is InChI=1S/C16H18N4S/c1-11(16-12(2)18-10-21-16)17-9-13-3-5-14(6-4-13)15-7-8-19-20-15/h3-8,10-11,17H,9H2,1-2H3,(H,19,20). The highest BCUT2D eigenvalue weighted by Crippen LogP contribution is 2.22. The van der Waals surface area contributed by atoms with Gasteiger partial charge < -0.3 is 5.32 Å². The largest absolute Gasteiger partial charge is 0.305 e. The van der Waals surface area contributed by atoms with Crippen molar-refractivity contribution in [2.45, 2.75) is 26.4 Å². The molecular formula is C16H18N4S. The number of aryl methyl sites for hydroxylation is 1. The van der Waals surface area contributed by atoms with Gasteiger partial charge in [0.1, 0.15) is 0 Å². The van der Waals surface area contributed by atoms with E-state index in [0.29, 0.717) is 6.04 Å². The minimum atomic E-state index is 0.324. The van der Waals surface area contributed by atoms with E-state index in [4.69, 9.17) is 0 Å². The van der Waals surface area contributed by atoms with Crippen LogP contribution < -0.4 is 5.32 Å². The molecule has 0 amide bonds. The maximum Gasteiger partial charge on any atom is 0.0798 e. The molecule has 3 rings (SSSR count). The molecule has 2 N–H and O–H groups in total. The van der Waals surface area contributed by atoms with E-state index in [0.717, 1.165) is 23.5 Å². The van der Waals surface area contributed by atoms with Crippen LogP contribution in [0.3, 0.4) is 0 Å². The second-order valence-corrected chi connectivity index (χ2v) is 5.96. The number of hydrogen-bond donors (Lipinski definition) is 2. The normalized spacial score (nSPS) is 12.5. The highest BCUT2D eigenvalue weighted by molar-refractivity contribution is 7.09. The van der Waals surface area contributed by atoms with E-state index in [-0.39, 0.29) is 0 Å². The number of aromatic amines is 1. The second-order valence-electron chi connectivity index (χ2n) is 5.07. The third-order valence-electron chi connectivity index (χ3n) is 3.55. The summed E-state index contributed by atoms with van der Waals surface area (Å²) in [4.78, 5) is 5.61. The Hall–Kier alpha value is -1.98. The summed E-state index contributed by atoms with van der Waals surface area (Å²) in [7, 11) is 0. The SMILES string of the molecule is Cc1ncsc1C(C)NCc1ccc(-c2ccn[nH]2)cc1. The Morgan fingerprint density at radius 1 is 1.24 bits per heavy atom. The van der Waals surface area contributed by atoms with Crippen LogP contribution in [0.1, 0.15) is 29.1 Å². The molecule has 108 valence electrons. The number of H-pyrrole nitrogens is 1. The predicted octanol–water partition coefficient (Wildman–Crippen LogP) is 3.69. The maximum absolute atomic E-state index is 4.30. The van der Waals surface area contributed by atoms with Gasteiger partial charge in [-0.1, -0.05) is 24.3 Å². The molecule has 5 heteroatoms. The summed E-state index contributed by atoms with van der Waals surface area (Å²) < 4.78 is 0. The van der Waals surface area contributed by atoms with Crippen LogP contribution in [0.5, 0.6) is 0 Å². The van der Waals surface area contributed by atoms with Crippen LogP contribution in [0.4, 0.5) is 0 Å². The Kier molecular flexibility index (Phi) is 4.13. The fraction of sp³-hybridized carbons (Fsp3) is 0.250. The molecule has 0 saturated heterocycles. The van der Waals surface area contributed by atoms with Gasteiger partial charge in [-0.2, -0.15) is 5.10 Å². The van der Waals surface area contributed by atoms with Crippen molar-refractivity contribution >= 4 is 11.3 Å². The number of hydrogen-bond acceptors (Lipinski definition) is 4. The van der Waals surface area contributed by atoms with Gasteiger partial charge in [0.05, 0.1) is 16.9 Å². The first-order valence-corrected chi connectivity index (χ1v) is 7.84. The average molecular weight is 298 g/mol. The van der Waals surface area contributed by atoms with Crippen LogP contribution in [-0.2, 0) is 6.54 Å². The van der Waals surface area contributed by atoms with Crippen LogP contribution >= 0.6 is 11.3 Å². The van der Waals surface area contributed by atoms with Crippen molar-refractivity contribution in [1.82, 2.24) is 20.5 Å². The molecule has 0 spiro atoms. The van der Waals surface area contributed by atoms with E-state index >= 15 is 0 Å². The number of nitrogens with one attached hydrogen (secondary N) is 2. The Labute approximate surface area is 128 Å². The minimum absolute atomic E-state index is 0.324. The molecule has 0 aliphatic carbocycles. The van der Waals surface area contributed by atoms with Gasteiger partial charge >= 0.3 is 0 Å². The fourth-order valence-electron chi connectivity index (χ4n) is 2.31. The number of nitrogens with zero attached hydrogens (tertiary/aromatic N) is 2. The van der Waals surface area contributed by atoms with Crippen LogP contribution in [0.25, 0.3) is 11.3 Å². The van der Waals surface area contributed by atoms with Crippen molar-refractivity contribution in [3.63, 3.8) is 0 Å². The highest BCUT2D eigenvalue weighted by atomic mass is 32.1. The van der Waals surface area contributed by atoms with Crippen molar-refractivity contribution in [3.05, 3.63) is 58.2 Å². The molecule has 1 aromatic carbocycles. The number of rotatable bonds is 5. The summed E-state index contributed by atoms with van der Waals surface area (Å²) in [6, 6.07) is 10.8. The molecule has 21 heavy (non-hydrogen) atoms. The lowest BCUT2D eigenvalue weighted by Crippen LogP contribution is -2.17. The van der Waals surface area contributed by atoms with Gasteiger partial charge in [-0.25, -0.2) is 4.98 Å². The molecule has 0 bridgehead atoms. The maximum atomic E-state index is 4.30. The van der Waals surface area contributed by atoms with Gasteiger partial charge in [0.2, 0.25) is 0 Å². The van der Waals surface area contributed by atoms with Crippen molar-refractivity contribution in [2.24, 2.45) is 0 Å². The van der Waals surface area contributed by atoms with Gasteiger partial charge in [0, 0.05) is 23.7 Å². The molecule has 2 heterocycles. The number of thiazole rings is 1. The third kappa shape index (κ3) is 3.20. The lowest BCUT2D eigenvalue weighted by Gasteiger charge is -2.13. The first kappa shape index (κ1) is 14.0. The first-order valence-electron chi connectivity index (χ1n) is 6.96. The molecule has 0 aliphatic rings. The fourth-order valence-corrected chi connectivity index (χ4v) is 3.14. The Morgan fingerprint density at radius 2 is 2.05 bits per heavy atom. The molecule has 0 saturated carbocycles. The molecule has 2 aromatic heterocycles. The lowest BCUT2D eigenvalue weighted by atomic mass is 10.1. The van der Waals surface area contributed by atoms with Crippen molar-refractivity contribution in [1.29, 1.82) is 0 Å². The summed E-state index contributed by atoms with van der Waals surface area (Å²) in [5.74, 6) is 0. The molecule has 1 unspecified atom stereocenters. The quantitative estimate of drug-likeness (QED) is 0.755. The van der Waals surface area contributed by atoms with Gasteiger partial charge in [-0.05, 0) is 31.0 Å². The smallest absolute Gasteiger partial charge is 0.0798 e. The van der Waals surface area contributed by atoms with Crippen molar-refractivity contribution in [3.8, 4) is 11.3 Å². The molecule has 0 fully saturated rings. The van der Waals surface area contributed by atoms with Crippen LogP contribution in [-0.4, -0.2) is 15.2 Å². The zero-order chi connectivity index (χ0) is 14.7. The predicted molar refractivity (Wildman–Crippen MR) is 86.1 cm³/mol. The van der Waals surface area contributed by atoms with Crippen LogP contribution in [0, 0.1) is 6.92 Å². The Balaban J connectivity index is 1.62. The zero-order valence-electron chi connectivity index (χ0n) is 12.1. The van der Waals surface area contributed by atoms with E-state index in [2.05, 4.69) is 58.6 Å². The second kappa shape index (κ2) is 6.20. The minimum Gasteiger partial charge on any atom is -0.305 e. The van der Waals surface area contributed by atoms with Gasteiger partial charge in [-0.15, -0.1) is 11.3 Å². The van der Waals surface area contributed by atoms with Gasteiger partial charge in [-0.3, -0.25) is 5.10 Å². The zero-order valence-corrected chi connectivity index (χ0v) is 12.9. The lowest BCUT2D eigenvalue weighted by molar-refractivity contribution is 0.579. The Morgan fingerprint density at radius 3 is 2.67 bits per heavy atom. The molecule has 0 aliphatic heterocycles. The summed E-state index contributed by atoms with van der Waals surface area (Å²) in [5, 5.41) is 10.5. The first-order chi connectivity index (χ1) is 10.2. The van der Waals surface area contributed by atoms with E-state index in [1.807, 2.05) is 11.6 Å². The average Bonchev–Trinajstić information content (AvgIpc) is 3.16. The summed E-state index contributed by atoms with van der Waals surface area (Å²) in [6.07, 6.45) is 1.77. The van der Waals surface area contributed by atoms with E-state index in [1.165, 1.54) is 10.4 Å². The molecule has 4 nitrogen and oxygen atoms in total. The third-order valence-corrected chi connectivity index (χ3v) is 4.67. The van der Waals surface area contributed by atoms with E-state index in [9.17, 15) is 0 Å². The summed E-state index contributed by atoms with van der Waals surface area (Å²) >= 11 is 1.71. The topological polar surface area (TPSA) is 53.6 Å². The van der Waals surface area contributed by atoms with E-state index in [1.54, 1.807) is 17.5 Å². The highest BCUT2D eigenvalue weighted by Gasteiger charge is 2.10. The summed E-state index contributed by atoms with van der Waals surface area (Å²) in [5.41, 5.74) is 6.50. The molecule has 1 atom stereocenters. The molecule has 3 aromatic rings. The summed E-state index contributed by atoms with van der Waals surface area (Å²) in [6.45, 7) is 5.09. The monoisotopic (exact) mass is 298 g/mol. The van der Waals surface area contributed by atoms with E-state index < -0.39 is 0 Å². The number of aromatic nitrogens is 3. The van der Waals surface area contributed by atoms with Gasteiger partial charge in [0.15, 0.2) is 0 Å². The van der Waals surface area contributed by atoms with Crippen molar-refractivity contribution < 1.29 is 0 Å². The number of benzene rings is 1. The van der Waals surface area contributed by atoms with Crippen molar-refractivity contribution in [2.75, 3.05) is 0 Å². The van der Waals surface area contributed by atoms with Crippen LogP contribution in [0.15, 0.2) is 42.0 Å². The Bertz CT molecular complexity index is 685. The molecule has 0 radical (unpaired) electrons. The van der Waals surface area contributed by atoms with Gasteiger partial charge in [0.25, 0.3) is 0 Å². The van der Waals surface area contributed by atoms with Crippen LogP contribution in [0.2, 0.25) is 0 Å². The molecular weight excluding hydrogens is 280 g/mol.